The van der Waals surface area contributed by atoms with E-state index in [0.29, 0.717) is 33.5 Å². The number of fused-ring (bicyclic) bond motifs is 1. The molecular formula is C28H32BrN3O6. The van der Waals surface area contributed by atoms with Crippen LogP contribution in [0.2, 0.25) is 0 Å². The predicted octanol–water partition coefficient (Wildman–Crippen LogP) is 4.76. The molecule has 1 atom stereocenters. The Morgan fingerprint density at radius 3 is 2.50 bits per heavy atom. The Balaban J connectivity index is 1.92. The van der Waals surface area contributed by atoms with Crippen molar-refractivity contribution < 1.29 is 28.6 Å². The van der Waals surface area contributed by atoms with Crippen molar-refractivity contribution in [2.45, 2.75) is 51.7 Å². The highest BCUT2D eigenvalue weighted by Gasteiger charge is 2.28. The molecule has 38 heavy (non-hydrogen) atoms. The number of methoxy groups -OCH3 is 2. The largest absolute Gasteiger partial charge is 0.481 e. The van der Waals surface area contributed by atoms with Gasteiger partial charge in [-0.2, -0.15) is 0 Å². The lowest BCUT2D eigenvalue weighted by Gasteiger charge is -2.20. The molecule has 9 nitrogen and oxygen atoms in total. The Labute approximate surface area is 230 Å². The van der Waals surface area contributed by atoms with Gasteiger partial charge in [-0.25, -0.2) is 19.1 Å². The molecule has 10 heteroatoms. The molecule has 1 unspecified atom stereocenters. The minimum Gasteiger partial charge on any atom is -0.481 e. The number of esters is 1. The van der Waals surface area contributed by atoms with Crippen LogP contribution in [0.3, 0.4) is 0 Å². The number of pyridine rings is 1. The van der Waals surface area contributed by atoms with E-state index in [9.17, 15) is 14.4 Å². The zero-order valence-electron chi connectivity index (χ0n) is 22.2. The maximum atomic E-state index is 13.2. The number of allylic oxidation sites excluding steroid dienone is 1. The van der Waals surface area contributed by atoms with E-state index in [-0.39, 0.29) is 12.8 Å². The molecule has 3 aromatic rings. The van der Waals surface area contributed by atoms with Crippen LogP contribution in [0.1, 0.15) is 37.5 Å². The standard InChI is InChI=1S/C28H32BrN3O6/c1-7-9-17-10-8-11-18(14-17)15-20(26(34)37-6)30-22(33)16-19-24-21(12-13-23(31-24)36-5)32(25(19)29)27(35)38-28(2,3)4/h7-8,10-14,20H,1,9,15-16H2,2-6H3,(H,30,33). The number of halogens is 1. The number of aromatic nitrogens is 2. The second-order valence-corrected chi connectivity index (χ2v) is 10.4. The third-order valence-electron chi connectivity index (χ3n) is 5.58. The maximum absolute atomic E-state index is 13.2. The quantitative estimate of drug-likeness (QED) is 0.285. The third-order valence-corrected chi connectivity index (χ3v) is 6.41. The van der Waals surface area contributed by atoms with Crippen LogP contribution in [0.4, 0.5) is 4.79 Å². The van der Waals surface area contributed by atoms with Gasteiger partial charge in [0.2, 0.25) is 11.8 Å². The van der Waals surface area contributed by atoms with Gasteiger partial charge in [-0.15, -0.1) is 6.58 Å². The Morgan fingerprint density at radius 1 is 1.16 bits per heavy atom. The van der Waals surface area contributed by atoms with E-state index in [1.807, 2.05) is 24.3 Å². The van der Waals surface area contributed by atoms with Crippen LogP contribution in [0.25, 0.3) is 11.0 Å². The topological polar surface area (TPSA) is 109 Å². The van der Waals surface area contributed by atoms with Gasteiger partial charge in [0, 0.05) is 18.1 Å². The molecule has 1 aromatic carbocycles. The number of benzene rings is 1. The summed E-state index contributed by atoms with van der Waals surface area (Å²) in [5.74, 6) is -0.696. The van der Waals surface area contributed by atoms with Crippen molar-refractivity contribution in [2.24, 2.45) is 0 Å². The van der Waals surface area contributed by atoms with Crippen LogP contribution in [0.15, 0.2) is 53.7 Å². The summed E-state index contributed by atoms with van der Waals surface area (Å²) in [7, 11) is 2.75. The van der Waals surface area contributed by atoms with Crippen LogP contribution in [-0.2, 0) is 38.3 Å². The Hall–Kier alpha value is -3.66. The smallest absolute Gasteiger partial charge is 0.419 e. The summed E-state index contributed by atoms with van der Waals surface area (Å²) < 4.78 is 17.4. The van der Waals surface area contributed by atoms with Gasteiger partial charge in [0.25, 0.3) is 0 Å². The predicted molar refractivity (Wildman–Crippen MR) is 147 cm³/mol. The van der Waals surface area contributed by atoms with Gasteiger partial charge >= 0.3 is 12.1 Å². The molecule has 0 aliphatic rings. The zero-order valence-corrected chi connectivity index (χ0v) is 23.8. The molecule has 1 N–H and O–H groups in total. The summed E-state index contributed by atoms with van der Waals surface area (Å²) in [4.78, 5) is 43.3. The fourth-order valence-electron chi connectivity index (χ4n) is 3.96. The normalized spacial score (nSPS) is 12.1. The summed E-state index contributed by atoms with van der Waals surface area (Å²) in [5, 5.41) is 2.77. The van der Waals surface area contributed by atoms with Crippen molar-refractivity contribution in [3.8, 4) is 5.88 Å². The first-order valence-electron chi connectivity index (χ1n) is 12.0. The molecule has 0 aliphatic carbocycles. The van der Waals surface area contributed by atoms with Gasteiger partial charge < -0.3 is 19.5 Å². The van der Waals surface area contributed by atoms with E-state index in [1.165, 1.54) is 18.8 Å². The lowest BCUT2D eigenvalue weighted by molar-refractivity contribution is -0.145. The van der Waals surface area contributed by atoms with Crippen LogP contribution >= 0.6 is 15.9 Å². The van der Waals surface area contributed by atoms with Gasteiger partial charge in [-0.05, 0) is 60.3 Å². The Kier molecular flexibility index (Phi) is 9.32. The highest BCUT2D eigenvalue weighted by atomic mass is 79.9. The number of amides is 1. The van der Waals surface area contributed by atoms with E-state index in [2.05, 4.69) is 32.8 Å². The molecule has 202 valence electrons. The van der Waals surface area contributed by atoms with E-state index < -0.39 is 29.6 Å². The molecular weight excluding hydrogens is 554 g/mol. The number of carbonyl (C=O) groups is 3. The van der Waals surface area contributed by atoms with Gasteiger partial charge in [0.1, 0.15) is 16.2 Å². The van der Waals surface area contributed by atoms with Gasteiger partial charge in [-0.1, -0.05) is 30.3 Å². The summed E-state index contributed by atoms with van der Waals surface area (Å²) in [6.45, 7) is 9.05. The number of rotatable bonds is 9. The second-order valence-electron chi connectivity index (χ2n) is 9.64. The van der Waals surface area contributed by atoms with Crippen molar-refractivity contribution >= 4 is 44.9 Å². The SMILES string of the molecule is C=CCc1cccc(CC(NC(=O)Cc2c(Br)n(C(=O)OC(C)(C)C)c3ccc(OC)nc23)C(=O)OC)c1. The monoisotopic (exact) mass is 585 g/mol. The highest BCUT2D eigenvalue weighted by Crippen LogP contribution is 2.32. The molecule has 0 fully saturated rings. The van der Waals surface area contributed by atoms with Crippen molar-refractivity contribution in [1.29, 1.82) is 0 Å². The number of ether oxygens (including phenoxy) is 3. The Morgan fingerprint density at radius 2 is 1.87 bits per heavy atom. The van der Waals surface area contributed by atoms with Gasteiger partial charge in [-0.3, -0.25) is 4.79 Å². The lowest BCUT2D eigenvalue weighted by atomic mass is 10.0. The zero-order chi connectivity index (χ0) is 28.0. The molecule has 0 saturated heterocycles. The molecule has 2 aromatic heterocycles. The fourth-order valence-corrected chi connectivity index (χ4v) is 4.62. The molecule has 0 aliphatic heterocycles. The number of nitrogens with one attached hydrogen (secondary N) is 1. The van der Waals surface area contributed by atoms with Crippen molar-refractivity contribution in [3.63, 3.8) is 0 Å². The fraction of sp³-hybridized carbons (Fsp3) is 0.357. The molecule has 0 bridgehead atoms. The molecule has 0 radical (unpaired) electrons. The summed E-state index contributed by atoms with van der Waals surface area (Å²) in [6, 6.07) is 10.1. The first kappa shape index (κ1) is 28.9. The molecule has 1 amide bonds. The van der Waals surface area contributed by atoms with Crippen molar-refractivity contribution in [1.82, 2.24) is 14.9 Å². The number of hydrogen-bond donors (Lipinski definition) is 1. The Bertz CT molecular complexity index is 1360. The van der Waals surface area contributed by atoms with Gasteiger partial charge in [0.05, 0.1) is 31.7 Å². The van der Waals surface area contributed by atoms with Crippen molar-refractivity contribution in [3.05, 3.63) is 70.3 Å². The average Bonchev–Trinajstić information content (AvgIpc) is 3.12. The number of hydrogen-bond acceptors (Lipinski definition) is 7. The highest BCUT2D eigenvalue weighted by molar-refractivity contribution is 9.10. The second kappa shape index (κ2) is 12.3. The summed E-state index contributed by atoms with van der Waals surface area (Å²) >= 11 is 3.46. The van der Waals surface area contributed by atoms with Gasteiger partial charge in [0.15, 0.2) is 0 Å². The van der Waals surface area contributed by atoms with Crippen LogP contribution in [-0.4, -0.2) is 53.4 Å². The molecule has 0 spiro atoms. The van der Waals surface area contributed by atoms with E-state index in [1.54, 1.807) is 39.0 Å². The summed E-state index contributed by atoms with van der Waals surface area (Å²) in [5.41, 5.74) is 2.46. The minimum atomic E-state index is -0.910. The minimum absolute atomic E-state index is 0.170. The number of carbonyl (C=O) groups excluding carboxylic acids is 3. The average molecular weight is 586 g/mol. The summed E-state index contributed by atoms with van der Waals surface area (Å²) in [6.07, 6.45) is 1.94. The number of nitrogens with zero attached hydrogens (tertiary/aromatic N) is 2. The molecule has 0 saturated carbocycles. The first-order chi connectivity index (χ1) is 18.0. The van der Waals surface area contributed by atoms with E-state index in [0.717, 1.165) is 11.1 Å². The van der Waals surface area contributed by atoms with Crippen molar-refractivity contribution in [2.75, 3.05) is 14.2 Å². The first-order valence-corrected chi connectivity index (χ1v) is 12.8. The van der Waals surface area contributed by atoms with E-state index in [4.69, 9.17) is 14.2 Å². The van der Waals surface area contributed by atoms with Crippen LogP contribution in [0, 0.1) is 0 Å². The van der Waals surface area contributed by atoms with E-state index >= 15 is 0 Å². The third kappa shape index (κ3) is 7.00. The lowest BCUT2D eigenvalue weighted by Crippen LogP contribution is -2.43. The van der Waals surface area contributed by atoms with Crippen LogP contribution in [0.5, 0.6) is 5.88 Å². The van der Waals surface area contributed by atoms with Crippen LogP contribution < -0.4 is 10.1 Å². The maximum Gasteiger partial charge on any atom is 0.419 e. The molecule has 3 rings (SSSR count). The molecule has 2 heterocycles.